The van der Waals surface area contributed by atoms with E-state index in [-0.39, 0.29) is 18.6 Å². The summed E-state index contributed by atoms with van der Waals surface area (Å²) in [6.45, 7) is 3.67. The Bertz CT molecular complexity index is 192. The van der Waals surface area contributed by atoms with Crippen molar-refractivity contribution in [2.24, 2.45) is 0 Å². The lowest BCUT2D eigenvalue weighted by Gasteiger charge is -2.18. The Morgan fingerprint density at radius 2 is 2.00 bits per heavy atom. The minimum absolute atomic E-state index is 0.0327. The van der Waals surface area contributed by atoms with E-state index in [0.717, 1.165) is 0 Å². The van der Waals surface area contributed by atoms with E-state index in [1.807, 2.05) is 13.8 Å². The molecule has 0 heterocycles. The molecule has 0 saturated heterocycles. The van der Waals surface area contributed by atoms with Gasteiger partial charge >= 0.3 is 12.0 Å². The predicted octanol–water partition coefficient (Wildman–Crippen LogP) is 0.209. The molecule has 0 spiro atoms. The number of likely N-dealkylation sites (N-methyl/N-ethyl adjacent to an activating group) is 1. The number of carbonyl (C=O) groups is 2. The van der Waals surface area contributed by atoms with Crippen molar-refractivity contribution in [3.63, 3.8) is 0 Å². The zero-order valence-electron chi connectivity index (χ0n) is 8.46. The van der Waals surface area contributed by atoms with Gasteiger partial charge in [0.05, 0.1) is 7.11 Å². The summed E-state index contributed by atoms with van der Waals surface area (Å²) in [5.41, 5.74) is 0. The largest absolute Gasteiger partial charge is 0.468 e. The summed E-state index contributed by atoms with van der Waals surface area (Å²) in [5, 5.41) is 2.65. The van der Waals surface area contributed by atoms with Crippen molar-refractivity contribution in [1.29, 1.82) is 0 Å². The van der Waals surface area contributed by atoms with Gasteiger partial charge in [0.15, 0.2) is 0 Å². The van der Waals surface area contributed by atoms with Gasteiger partial charge in [0, 0.05) is 13.1 Å². The average molecular weight is 188 g/mol. The van der Waals surface area contributed by atoms with Crippen molar-refractivity contribution in [2.45, 2.75) is 19.9 Å². The van der Waals surface area contributed by atoms with Gasteiger partial charge in [-0.1, -0.05) is 0 Å². The van der Waals surface area contributed by atoms with Crippen molar-refractivity contribution >= 4 is 12.0 Å². The van der Waals surface area contributed by atoms with Crippen molar-refractivity contribution in [3.8, 4) is 0 Å². The molecule has 0 aliphatic carbocycles. The minimum Gasteiger partial charge on any atom is -0.468 e. The number of hydrogen-bond donors (Lipinski definition) is 1. The Morgan fingerprint density at radius 1 is 1.46 bits per heavy atom. The van der Waals surface area contributed by atoms with Crippen LogP contribution in [0.5, 0.6) is 0 Å². The molecule has 0 radical (unpaired) electrons. The molecular formula is C8H16N2O3. The SMILES string of the molecule is COC(=O)CN(C)C(=O)NC(C)C. The molecule has 5 nitrogen and oxygen atoms in total. The quantitative estimate of drug-likeness (QED) is 0.644. The van der Waals surface area contributed by atoms with Gasteiger partial charge in [-0.25, -0.2) is 4.79 Å². The van der Waals surface area contributed by atoms with Crippen molar-refractivity contribution < 1.29 is 14.3 Å². The maximum absolute atomic E-state index is 11.2. The molecule has 1 N–H and O–H groups in total. The highest BCUT2D eigenvalue weighted by Crippen LogP contribution is 1.88. The van der Waals surface area contributed by atoms with E-state index in [1.165, 1.54) is 19.1 Å². The number of hydrogen-bond acceptors (Lipinski definition) is 3. The highest BCUT2D eigenvalue weighted by Gasteiger charge is 2.12. The maximum Gasteiger partial charge on any atom is 0.325 e. The van der Waals surface area contributed by atoms with E-state index < -0.39 is 5.97 Å². The fourth-order valence-electron chi connectivity index (χ4n) is 0.687. The Labute approximate surface area is 78.0 Å². The molecule has 0 atom stereocenters. The second-order valence-electron chi connectivity index (χ2n) is 3.04. The highest BCUT2D eigenvalue weighted by atomic mass is 16.5. The van der Waals surface area contributed by atoms with Gasteiger partial charge in [-0.2, -0.15) is 0 Å². The fraction of sp³-hybridized carbons (Fsp3) is 0.750. The molecular weight excluding hydrogens is 172 g/mol. The molecule has 0 aliphatic rings. The molecule has 76 valence electrons. The third-order valence-electron chi connectivity index (χ3n) is 1.35. The van der Waals surface area contributed by atoms with Gasteiger partial charge in [-0.05, 0) is 13.8 Å². The van der Waals surface area contributed by atoms with E-state index in [9.17, 15) is 9.59 Å². The van der Waals surface area contributed by atoms with Crippen LogP contribution in [0.1, 0.15) is 13.8 Å². The molecule has 0 bridgehead atoms. The first-order valence-corrected chi connectivity index (χ1v) is 4.05. The number of ether oxygens (including phenoxy) is 1. The monoisotopic (exact) mass is 188 g/mol. The van der Waals surface area contributed by atoms with Crippen LogP contribution in [-0.4, -0.2) is 43.6 Å². The fourth-order valence-corrected chi connectivity index (χ4v) is 0.687. The van der Waals surface area contributed by atoms with Crippen LogP contribution in [0.15, 0.2) is 0 Å². The molecule has 0 aromatic heterocycles. The van der Waals surface area contributed by atoms with Gasteiger partial charge in [-0.15, -0.1) is 0 Å². The van der Waals surface area contributed by atoms with Crippen LogP contribution < -0.4 is 5.32 Å². The van der Waals surface area contributed by atoms with E-state index in [4.69, 9.17) is 0 Å². The lowest BCUT2D eigenvalue weighted by atomic mass is 10.4. The van der Waals surface area contributed by atoms with Crippen molar-refractivity contribution in [2.75, 3.05) is 20.7 Å². The summed E-state index contributed by atoms with van der Waals surface area (Å²) in [4.78, 5) is 23.3. The third-order valence-corrected chi connectivity index (χ3v) is 1.35. The first kappa shape index (κ1) is 11.7. The van der Waals surface area contributed by atoms with Crippen LogP contribution in [0.3, 0.4) is 0 Å². The molecule has 0 aromatic carbocycles. The summed E-state index contributed by atoms with van der Waals surface area (Å²) < 4.78 is 4.42. The zero-order valence-corrected chi connectivity index (χ0v) is 8.46. The second-order valence-corrected chi connectivity index (χ2v) is 3.04. The van der Waals surface area contributed by atoms with Crippen molar-refractivity contribution in [1.82, 2.24) is 10.2 Å². The predicted molar refractivity (Wildman–Crippen MR) is 48.3 cm³/mol. The molecule has 0 unspecified atom stereocenters. The number of urea groups is 1. The number of carbonyl (C=O) groups excluding carboxylic acids is 2. The first-order chi connectivity index (χ1) is 5.97. The number of nitrogens with zero attached hydrogens (tertiary/aromatic N) is 1. The number of methoxy groups -OCH3 is 1. The van der Waals surface area contributed by atoms with Crippen LogP contribution in [0.4, 0.5) is 4.79 Å². The van der Waals surface area contributed by atoms with E-state index in [2.05, 4.69) is 10.1 Å². The molecule has 0 aliphatic heterocycles. The highest BCUT2D eigenvalue weighted by molar-refractivity contribution is 5.80. The number of esters is 1. The number of amides is 2. The van der Waals surface area contributed by atoms with Gasteiger partial charge in [0.1, 0.15) is 6.54 Å². The van der Waals surface area contributed by atoms with Crippen LogP contribution in [0.2, 0.25) is 0 Å². The van der Waals surface area contributed by atoms with Crippen LogP contribution in [0.25, 0.3) is 0 Å². The Kier molecular flexibility index (Phi) is 4.87. The smallest absolute Gasteiger partial charge is 0.325 e. The summed E-state index contributed by atoms with van der Waals surface area (Å²) in [5.74, 6) is -0.429. The summed E-state index contributed by atoms with van der Waals surface area (Å²) >= 11 is 0. The molecule has 0 fully saturated rings. The van der Waals surface area contributed by atoms with Crippen LogP contribution in [-0.2, 0) is 9.53 Å². The number of rotatable bonds is 3. The Morgan fingerprint density at radius 3 is 2.38 bits per heavy atom. The summed E-state index contributed by atoms with van der Waals surface area (Å²) in [6.07, 6.45) is 0. The Balaban J connectivity index is 3.89. The molecule has 13 heavy (non-hydrogen) atoms. The number of nitrogens with one attached hydrogen (secondary N) is 1. The standard InChI is InChI=1S/C8H16N2O3/c1-6(2)9-8(12)10(3)5-7(11)13-4/h6H,5H2,1-4H3,(H,9,12). The van der Waals surface area contributed by atoms with Gasteiger partial charge in [0.25, 0.3) is 0 Å². The third kappa shape index (κ3) is 5.05. The molecule has 5 heteroatoms. The van der Waals surface area contributed by atoms with Crippen LogP contribution in [0, 0.1) is 0 Å². The van der Waals surface area contributed by atoms with E-state index >= 15 is 0 Å². The van der Waals surface area contributed by atoms with Gasteiger partial charge in [0.2, 0.25) is 0 Å². The average Bonchev–Trinajstić information content (AvgIpc) is 2.02. The topological polar surface area (TPSA) is 58.6 Å². The Hall–Kier alpha value is -1.26. The molecule has 2 amide bonds. The zero-order chi connectivity index (χ0) is 10.4. The molecule has 0 rings (SSSR count). The molecule has 0 aromatic rings. The van der Waals surface area contributed by atoms with Gasteiger partial charge in [-0.3, -0.25) is 4.79 Å². The van der Waals surface area contributed by atoms with E-state index in [0.29, 0.717) is 0 Å². The maximum atomic E-state index is 11.2. The first-order valence-electron chi connectivity index (χ1n) is 4.05. The lowest BCUT2D eigenvalue weighted by Crippen LogP contribution is -2.43. The normalized spacial score (nSPS) is 9.62. The summed E-state index contributed by atoms with van der Waals surface area (Å²) in [7, 11) is 2.82. The minimum atomic E-state index is -0.429. The van der Waals surface area contributed by atoms with E-state index in [1.54, 1.807) is 0 Å². The lowest BCUT2D eigenvalue weighted by molar-refractivity contribution is -0.141. The van der Waals surface area contributed by atoms with Gasteiger partial charge < -0.3 is 15.0 Å². The van der Waals surface area contributed by atoms with Crippen LogP contribution >= 0.6 is 0 Å². The molecule has 0 saturated carbocycles. The van der Waals surface area contributed by atoms with Crippen molar-refractivity contribution in [3.05, 3.63) is 0 Å². The second kappa shape index (κ2) is 5.40. The summed E-state index contributed by atoms with van der Waals surface area (Å²) in [6, 6.07) is -0.215.